The molecule has 0 saturated heterocycles. The second kappa shape index (κ2) is 4.95. The molecule has 6 nitrogen and oxygen atoms in total. The zero-order valence-corrected chi connectivity index (χ0v) is 9.32. The van der Waals surface area contributed by atoms with Crippen molar-refractivity contribution in [3.63, 3.8) is 0 Å². The number of hydrogen-bond acceptors (Lipinski definition) is 5. The van der Waals surface area contributed by atoms with Crippen molar-refractivity contribution in [2.75, 3.05) is 18.3 Å². The van der Waals surface area contributed by atoms with Crippen LogP contribution in [0.1, 0.15) is 0 Å². The maximum atomic E-state index is 11.3. The first-order valence-electron chi connectivity index (χ1n) is 4.30. The van der Waals surface area contributed by atoms with Crippen molar-refractivity contribution in [1.82, 2.24) is 0 Å². The van der Waals surface area contributed by atoms with Crippen molar-refractivity contribution in [3.05, 3.63) is 24.3 Å². The standard InChI is InChI=1S/C9H11NO5S/c1-16(13,14)8-5-3-2-4-7(8)10-15-6-9(11)12/h2-5,10H,6H2,1H3,(H,11,12). The third kappa shape index (κ3) is 3.52. The molecule has 7 heteroatoms. The number of carboxylic acids is 1. The number of benzene rings is 1. The van der Waals surface area contributed by atoms with Crippen LogP contribution in [0, 0.1) is 0 Å². The zero-order valence-electron chi connectivity index (χ0n) is 8.50. The Bertz CT molecular complexity index is 482. The number of carbonyl (C=O) groups is 1. The Hall–Kier alpha value is -1.60. The van der Waals surface area contributed by atoms with E-state index >= 15 is 0 Å². The fourth-order valence-electron chi connectivity index (χ4n) is 1.05. The monoisotopic (exact) mass is 245 g/mol. The van der Waals surface area contributed by atoms with Crippen LogP contribution in [0.4, 0.5) is 5.69 Å². The number of nitrogens with one attached hydrogen (secondary N) is 1. The fraction of sp³-hybridized carbons (Fsp3) is 0.222. The average Bonchev–Trinajstić information content (AvgIpc) is 2.16. The van der Waals surface area contributed by atoms with E-state index in [0.717, 1.165) is 6.26 Å². The van der Waals surface area contributed by atoms with Crippen LogP contribution in [-0.4, -0.2) is 32.4 Å². The van der Waals surface area contributed by atoms with Crippen LogP contribution in [0.15, 0.2) is 29.2 Å². The van der Waals surface area contributed by atoms with Crippen molar-refractivity contribution >= 4 is 21.5 Å². The SMILES string of the molecule is CS(=O)(=O)c1ccccc1NOCC(=O)O. The van der Waals surface area contributed by atoms with E-state index in [-0.39, 0.29) is 10.6 Å². The molecule has 0 unspecified atom stereocenters. The minimum atomic E-state index is -3.37. The molecule has 0 heterocycles. The first-order valence-corrected chi connectivity index (χ1v) is 6.19. The summed E-state index contributed by atoms with van der Waals surface area (Å²) in [7, 11) is -3.37. The average molecular weight is 245 g/mol. The Balaban J connectivity index is 2.84. The van der Waals surface area contributed by atoms with Gasteiger partial charge in [-0.15, -0.1) is 0 Å². The molecule has 2 N–H and O–H groups in total. The van der Waals surface area contributed by atoms with Gasteiger partial charge in [-0.2, -0.15) is 0 Å². The Morgan fingerprint density at radius 2 is 2.06 bits per heavy atom. The molecule has 0 saturated carbocycles. The second-order valence-electron chi connectivity index (χ2n) is 3.05. The fourth-order valence-corrected chi connectivity index (χ4v) is 1.88. The lowest BCUT2D eigenvalue weighted by molar-refractivity contribution is -0.141. The second-order valence-corrected chi connectivity index (χ2v) is 5.04. The van der Waals surface area contributed by atoms with Gasteiger partial charge in [-0.05, 0) is 12.1 Å². The summed E-state index contributed by atoms with van der Waals surface area (Å²) in [5, 5.41) is 8.34. The van der Waals surface area contributed by atoms with E-state index in [0.29, 0.717) is 0 Å². The first kappa shape index (κ1) is 12.5. The highest BCUT2D eigenvalue weighted by Crippen LogP contribution is 2.20. The normalized spacial score (nSPS) is 11.1. The van der Waals surface area contributed by atoms with Gasteiger partial charge in [0, 0.05) is 6.26 Å². The molecule has 0 atom stereocenters. The maximum Gasteiger partial charge on any atom is 0.332 e. The summed E-state index contributed by atoms with van der Waals surface area (Å²) in [6.45, 7) is -0.557. The van der Waals surface area contributed by atoms with Crippen molar-refractivity contribution < 1.29 is 23.2 Å². The molecule has 1 aromatic carbocycles. The van der Waals surface area contributed by atoms with E-state index in [9.17, 15) is 13.2 Å². The van der Waals surface area contributed by atoms with Gasteiger partial charge in [-0.3, -0.25) is 10.3 Å². The molecule has 1 aromatic rings. The van der Waals surface area contributed by atoms with Gasteiger partial charge >= 0.3 is 5.97 Å². The Morgan fingerprint density at radius 3 is 2.62 bits per heavy atom. The summed E-state index contributed by atoms with van der Waals surface area (Å²) in [4.78, 5) is 14.8. The summed E-state index contributed by atoms with van der Waals surface area (Å²) in [5.74, 6) is -1.15. The quantitative estimate of drug-likeness (QED) is 0.734. The molecule has 0 aromatic heterocycles. The van der Waals surface area contributed by atoms with Crippen LogP contribution in [0.3, 0.4) is 0 Å². The number of sulfone groups is 1. The summed E-state index contributed by atoms with van der Waals surface area (Å²) >= 11 is 0. The molecule has 0 fully saturated rings. The van der Waals surface area contributed by atoms with Gasteiger partial charge in [0.1, 0.15) is 0 Å². The van der Waals surface area contributed by atoms with Crippen molar-refractivity contribution in [3.8, 4) is 0 Å². The lowest BCUT2D eigenvalue weighted by Crippen LogP contribution is -2.13. The lowest BCUT2D eigenvalue weighted by atomic mass is 10.3. The summed E-state index contributed by atoms with van der Waals surface area (Å²) in [5.41, 5.74) is 2.51. The van der Waals surface area contributed by atoms with Gasteiger partial charge < -0.3 is 5.11 Å². The lowest BCUT2D eigenvalue weighted by Gasteiger charge is -2.09. The van der Waals surface area contributed by atoms with E-state index < -0.39 is 22.4 Å². The highest BCUT2D eigenvalue weighted by Gasteiger charge is 2.12. The minimum absolute atomic E-state index is 0.0559. The first-order chi connectivity index (χ1) is 7.41. The summed E-state index contributed by atoms with van der Waals surface area (Å²) in [6, 6.07) is 6.07. The number of carboxylic acid groups (broad SMARTS) is 1. The van der Waals surface area contributed by atoms with Crippen LogP contribution < -0.4 is 5.48 Å². The largest absolute Gasteiger partial charge is 0.479 e. The molecule has 0 amide bonds. The number of para-hydroxylation sites is 1. The molecule has 0 aliphatic carbocycles. The Kier molecular flexibility index (Phi) is 3.86. The highest BCUT2D eigenvalue weighted by atomic mass is 32.2. The van der Waals surface area contributed by atoms with Crippen LogP contribution >= 0.6 is 0 Å². The minimum Gasteiger partial charge on any atom is -0.479 e. The topological polar surface area (TPSA) is 92.7 Å². The van der Waals surface area contributed by atoms with Crippen LogP contribution in [0.2, 0.25) is 0 Å². The van der Waals surface area contributed by atoms with Gasteiger partial charge in [0.25, 0.3) is 0 Å². The number of hydrogen-bond donors (Lipinski definition) is 2. The van der Waals surface area contributed by atoms with Crippen LogP contribution in [0.5, 0.6) is 0 Å². The van der Waals surface area contributed by atoms with Crippen LogP contribution in [-0.2, 0) is 19.5 Å². The van der Waals surface area contributed by atoms with E-state index in [1.54, 1.807) is 12.1 Å². The maximum absolute atomic E-state index is 11.3. The summed E-state index contributed by atoms with van der Waals surface area (Å²) < 4.78 is 22.7. The third-order valence-corrected chi connectivity index (χ3v) is 2.82. The van der Waals surface area contributed by atoms with Gasteiger partial charge in [0.2, 0.25) is 0 Å². The van der Waals surface area contributed by atoms with E-state index in [1.807, 2.05) is 0 Å². The molecular formula is C9H11NO5S. The molecule has 0 bridgehead atoms. The number of aliphatic carboxylic acids is 1. The molecule has 0 aliphatic heterocycles. The van der Waals surface area contributed by atoms with E-state index in [2.05, 4.69) is 10.3 Å². The molecule has 1 rings (SSSR count). The third-order valence-electron chi connectivity index (χ3n) is 1.66. The van der Waals surface area contributed by atoms with Crippen molar-refractivity contribution in [2.45, 2.75) is 4.90 Å². The molecule has 88 valence electrons. The smallest absolute Gasteiger partial charge is 0.332 e. The van der Waals surface area contributed by atoms with Crippen molar-refractivity contribution in [1.29, 1.82) is 0 Å². The number of rotatable bonds is 5. The van der Waals surface area contributed by atoms with Crippen molar-refractivity contribution in [2.24, 2.45) is 0 Å². The highest BCUT2D eigenvalue weighted by molar-refractivity contribution is 7.90. The Labute approximate surface area is 92.7 Å². The number of anilines is 1. The van der Waals surface area contributed by atoms with E-state index in [4.69, 9.17) is 5.11 Å². The molecule has 0 spiro atoms. The summed E-state index contributed by atoms with van der Waals surface area (Å²) in [6.07, 6.45) is 1.06. The van der Waals surface area contributed by atoms with Gasteiger partial charge in [-0.1, -0.05) is 12.1 Å². The predicted molar refractivity (Wildman–Crippen MR) is 56.8 cm³/mol. The molecule has 16 heavy (non-hydrogen) atoms. The molecular weight excluding hydrogens is 234 g/mol. The molecule has 0 radical (unpaired) electrons. The van der Waals surface area contributed by atoms with Gasteiger partial charge in [0.05, 0.1) is 10.6 Å². The molecule has 0 aliphatic rings. The van der Waals surface area contributed by atoms with Crippen LogP contribution in [0.25, 0.3) is 0 Å². The predicted octanol–water partition coefficient (Wildman–Crippen LogP) is 0.518. The zero-order chi connectivity index (χ0) is 12.2. The van der Waals surface area contributed by atoms with Gasteiger partial charge in [-0.25, -0.2) is 13.2 Å². The van der Waals surface area contributed by atoms with E-state index in [1.165, 1.54) is 12.1 Å². The van der Waals surface area contributed by atoms with Gasteiger partial charge in [0.15, 0.2) is 16.4 Å². The Morgan fingerprint density at radius 1 is 1.44 bits per heavy atom.